The molecule has 5 heteroatoms. The maximum Gasteiger partial charge on any atom is 0.190 e. The van der Waals surface area contributed by atoms with E-state index in [1.807, 2.05) is 19.0 Å². The van der Waals surface area contributed by atoms with Crippen molar-refractivity contribution in [3.05, 3.63) is 41.5 Å². The van der Waals surface area contributed by atoms with Gasteiger partial charge in [-0.3, -0.25) is 14.4 Å². The van der Waals surface area contributed by atoms with Crippen molar-refractivity contribution in [2.24, 2.45) is 0 Å². The lowest BCUT2D eigenvalue weighted by molar-refractivity contribution is -0.119. The summed E-state index contributed by atoms with van der Waals surface area (Å²) >= 11 is 0. The summed E-state index contributed by atoms with van der Waals surface area (Å²) in [6, 6.07) is 5.26. The van der Waals surface area contributed by atoms with Crippen LogP contribution in [-0.2, 0) is 14.4 Å². The van der Waals surface area contributed by atoms with Gasteiger partial charge in [0.15, 0.2) is 17.3 Å². The summed E-state index contributed by atoms with van der Waals surface area (Å²) in [4.78, 5) is 37.9. The van der Waals surface area contributed by atoms with Gasteiger partial charge >= 0.3 is 0 Å². The molecule has 0 heterocycles. The second-order valence-electron chi connectivity index (χ2n) is 5.15. The standard InChI is InChI=1S/C17H17NO4/c1-10(19)16-13(20)7-8-14(21)17(16)12-6-5-11(18(2)3)9-15(12)22-4/h5-9H,1-4H3. The normalized spacial score (nSPS) is 14.4. The van der Waals surface area contributed by atoms with E-state index in [2.05, 4.69) is 0 Å². The maximum absolute atomic E-state index is 12.2. The van der Waals surface area contributed by atoms with Crippen LogP contribution in [0.4, 0.5) is 5.69 Å². The van der Waals surface area contributed by atoms with Gasteiger partial charge in [-0.15, -0.1) is 0 Å². The van der Waals surface area contributed by atoms with Gasteiger partial charge in [-0.2, -0.15) is 0 Å². The Morgan fingerprint density at radius 2 is 1.73 bits per heavy atom. The minimum Gasteiger partial charge on any atom is -0.496 e. The Kier molecular flexibility index (Phi) is 4.26. The molecule has 0 fully saturated rings. The molecule has 0 saturated carbocycles. The summed E-state index contributed by atoms with van der Waals surface area (Å²) < 4.78 is 5.34. The number of carbonyl (C=O) groups excluding carboxylic acids is 3. The number of hydrogen-bond donors (Lipinski definition) is 0. The van der Waals surface area contributed by atoms with Crippen molar-refractivity contribution >= 4 is 28.6 Å². The quantitative estimate of drug-likeness (QED) is 0.627. The number of Topliss-reactive ketones (excluding diaryl/α,β-unsaturated/α-hetero) is 1. The second kappa shape index (κ2) is 5.97. The van der Waals surface area contributed by atoms with E-state index < -0.39 is 11.6 Å². The third-order valence-electron chi connectivity index (χ3n) is 3.45. The lowest BCUT2D eigenvalue weighted by Gasteiger charge is -2.19. The number of ether oxygens (including phenoxy) is 1. The summed E-state index contributed by atoms with van der Waals surface area (Å²) in [5.41, 5.74) is 1.34. The van der Waals surface area contributed by atoms with E-state index in [0.717, 1.165) is 11.8 Å². The van der Waals surface area contributed by atoms with Crippen molar-refractivity contribution in [2.75, 3.05) is 26.1 Å². The Morgan fingerprint density at radius 1 is 1.09 bits per heavy atom. The van der Waals surface area contributed by atoms with E-state index in [9.17, 15) is 14.4 Å². The van der Waals surface area contributed by atoms with Gasteiger partial charge in [0, 0.05) is 37.0 Å². The molecule has 0 N–H and O–H groups in total. The monoisotopic (exact) mass is 299 g/mol. The first kappa shape index (κ1) is 15.7. The number of allylic oxidation sites excluding steroid dienone is 4. The largest absolute Gasteiger partial charge is 0.496 e. The van der Waals surface area contributed by atoms with Gasteiger partial charge in [-0.05, 0) is 31.2 Å². The Hall–Kier alpha value is -2.69. The number of anilines is 1. The van der Waals surface area contributed by atoms with Crippen LogP contribution in [0.5, 0.6) is 5.75 Å². The van der Waals surface area contributed by atoms with Crippen molar-refractivity contribution in [2.45, 2.75) is 6.92 Å². The number of methoxy groups -OCH3 is 1. The summed E-state index contributed by atoms with van der Waals surface area (Å²) in [6.45, 7) is 1.28. The van der Waals surface area contributed by atoms with Crippen molar-refractivity contribution < 1.29 is 19.1 Å². The number of benzene rings is 1. The van der Waals surface area contributed by atoms with Crippen LogP contribution in [0, 0.1) is 0 Å². The van der Waals surface area contributed by atoms with E-state index in [0.29, 0.717) is 11.3 Å². The van der Waals surface area contributed by atoms with E-state index in [4.69, 9.17) is 4.74 Å². The highest BCUT2D eigenvalue weighted by molar-refractivity contribution is 6.43. The molecule has 5 nitrogen and oxygen atoms in total. The predicted octanol–water partition coefficient (Wildman–Crippen LogP) is 1.81. The van der Waals surface area contributed by atoms with Crippen LogP contribution in [0.1, 0.15) is 12.5 Å². The zero-order valence-electron chi connectivity index (χ0n) is 13.0. The van der Waals surface area contributed by atoms with E-state index >= 15 is 0 Å². The molecular weight excluding hydrogens is 282 g/mol. The van der Waals surface area contributed by atoms with Crippen LogP contribution in [-0.4, -0.2) is 38.6 Å². The van der Waals surface area contributed by atoms with Gasteiger partial charge in [-0.25, -0.2) is 0 Å². The minimum absolute atomic E-state index is 0.0941. The van der Waals surface area contributed by atoms with Gasteiger partial charge in [0.05, 0.1) is 12.7 Å². The van der Waals surface area contributed by atoms with Gasteiger partial charge < -0.3 is 9.64 Å². The number of ketones is 3. The molecule has 0 spiro atoms. The molecule has 1 aromatic rings. The van der Waals surface area contributed by atoms with Gasteiger partial charge in [0.2, 0.25) is 0 Å². The van der Waals surface area contributed by atoms with Gasteiger partial charge in [-0.1, -0.05) is 0 Å². The first-order chi connectivity index (χ1) is 10.4. The molecule has 22 heavy (non-hydrogen) atoms. The fourth-order valence-corrected chi connectivity index (χ4v) is 2.35. The third-order valence-corrected chi connectivity index (χ3v) is 3.45. The van der Waals surface area contributed by atoms with Crippen LogP contribution in [0.25, 0.3) is 5.57 Å². The van der Waals surface area contributed by atoms with E-state index in [1.165, 1.54) is 20.1 Å². The average Bonchev–Trinajstić information content (AvgIpc) is 2.48. The first-order valence-corrected chi connectivity index (χ1v) is 6.74. The summed E-state index contributed by atoms with van der Waals surface area (Å²) in [6.07, 6.45) is 2.31. The number of hydrogen-bond acceptors (Lipinski definition) is 5. The van der Waals surface area contributed by atoms with Crippen LogP contribution >= 0.6 is 0 Å². The zero-order chi connectivity index (χ0) is 16.4. The lowest BCUT2D eigenvalue weighted by atomic mass is 9.87. The van der Waals surface area contributed by atoms with Gasteiger partial charge in [0.25, 0.3) is 0 Å². The number of rotatable bonds is 4. The van der Waals surface area contributed by atoms with Crippen LogP contribution in [0.3, 0.4) is 0 Å². The molecule has 0 unspecified atom stereocenters. The second-order valence-corrected chi connectivity index (χ2v) is 5.15. The molecule has 0 bridgehead atoms. The molecule has 1 aromatic carbocycles. The van der Waals surface area contributed by atoms with Gasteiger partial charge in [0.1, 0.15) is 5.75 Å². The third kappa shape index (κ3) is 2.70. The highest BCUT2D eigenvalue weighted by atomic mass is 16.5. The summed E-state index contributed by atoms with van der Waals surface area (Å²) in [5, 5.41) is 0. The fourth-order valence-electron chi connectivity index (χ4n) is 2.35. The molecule has 0 saturated heterocycles. The van der Waals surface area contributed by atoms with Crippen molar-refractivity contribution in [1.29, 1.82) is 0 Å². The molecular formula is C17H17NO4. The predicted molar refractivity (Wildman–Crippen MR) is 84.1 cm³/mol. The topological polar surface area (TPSA) is 63.7 Å². The molecule has 0 aromatic heterocycles. The smallest absolute Gasteiger partial charge is 0.190 e. The molecule has 0 amide bonds. The minimum atomic E-state index is -0.458. The van der Waals surface area contributed by atoms with Crippen LogP contribution in [0.2, 0.25) is 0 Å². The molecule has 0 aliphatic heterocycles. The average molecular weight is 299 g/mol. The highest BCUT2D eigenvalue weighted by Gasteiger charge is 2.28. The Morgan fingerprint density at radius 3 is 2.27 bits per heavy atom. The number of carbonyl (C=O) groups is 3. The molecule has 114 valence electrons. The Balaban J connectivity index is 2.71. The number of nitrogens with zero attached hydrogens (tertiary/aromatic N) is 1. The van der Waals surface area contributed by atoms with Crippen molar-refractivity contribution in [3.8, 4) is 5.75 Å². The molecule has 0 atom stereocenters. The highest BCUT2D eigenvalue weighted by Crippen LogP contribution is 2.34. The first-order valence-electron chi connectivity index (χ1n) is 6.74. The van der Waals surface area contributed by atoms with E-state index in [1.54, 1.807) is 18.2 Å². The SMILES string of the molecule is COc1cc(N(C)C)ccc1C1=C(C(C)=O)C(=O)C=CC1=O. The Bertz CT molecular complexity index is 726. The molecule has 1 aliphatic carbocycles. The van der Waals surface area contributed by atoms with Crippen LogP contribution in [0.15, 0.2) is 35.9 Å². The van der Waals surface area contributed by atoms with Crippen LogP contribution < -0.4 is 9.64 Å². The van der Waals surface area contributed by atoms with Crippen molar-refractivity contribution in [1.82, 2.24) is 0 Å². The summed E-state index contributed by atoms with van der Waals surface area (Å²) in [7, 11) is 5.25. The van der Waals surface area contributed by atoms with E-state index in [-0.39, 0.29) is 16.9 Å². The lowest BCUT2D eigenvalue weighted by Crippen LogP contribution is -2.19. The molecule has 2 rings (SSSR count). The molecule has 0 radical (unpaired) electrons. The summed E-state index contributed by atoms with van der Waals surface area (Å²) in [5.74, 6) is -0.825. The fraction of sp³-hybridized carbons (Fsp3) is 0.235. The zero-order valence-corrected chi connectivity index (χ0v) is 13.0. The van der Waals surface area contributed by atoms with Crippen molar-refractivity contribution in [3.63, 3.8) is 0 Å². The Labute approximate surface area is 128 Å². The maximum atomic E-state index is 12.2. The molecule has 1 aliphatic rings.